The smallest absolute Gasteiger partial charge is 0.275 e. The molecule has 0 radical (unpaired) electrons. The van der Waals surface area contributed by atoms with Gasteiger partial charge in [0.25, 0.3) is 5.91 Å². The minimum Gasteiger partial charge on any atom is -0.382 e. The van der Waals surface area contributed by atoms with Gasteiger partial charge in [-0.3, -0.25) is 4.79 Å². The normalized spacial score (nSPS) is 15.1. The average molecular weight is 364 g/mol. The number of nitrogens with one attached hydrogen (secondary N) is 2. The number of pyridine rings is 1. The van der Waals surface area contributed by atoms with E-state index in [4.69, 9.17) is 23.2 Å². The molecule has 0 aliphatic heterocycles. The Hall–Kier alpha value is -1.78. The monoisotopic (exact) mass is 363 g/mol. The van der Waals surface area contributed by atoms with Crippen molar-refractivity contribution in [3.63, 3.8) is 0 Å². The van der Waals surface area contributed by atoms with Crippen molar-refractivity contribution in [1.82, 2.24) is 4.98 Å². The predicted octanol–water partition coefficient (Wildman–Crippen LogP) is 5.39. The van der Waals surface area contributed by atoms with Crippen LogP contribution in [0, 0.1) is 0 Å². The first-order chi connectivity index (χ1) is 11.6. The molecule has 126 valence electrons. The molecule has 0 bridgehead atoms. The van der Waals surface area contributed by atoms with Crippen LogP contribution < -0.4 is 10.6 Å². The maximum atomic E-state index is 12.3. The Kier molecular flexibility index (Phi) is 5.59. The van der Waals surface area contributed by atoms with E-state index in [0.29, 0.717) is 11.7 Å². The van der Waals surface area contributed by atoms with Gasteiger partial charge in [0, 0.05) is 17.4 Å². The van der Waals surface area contributed by atoms with Crippen LogP contribution in [0.1, 0.15) is 42.6 Å². The fourth-order valence-electron chi connectivity index (χ4n) is 2.90. The molecule has 0 saturated heterocycles. The molecule has 1 fully saturated rings. The lowest BCUT2D eigenvalue weighted by atomic mass is 9.95. The van der Waals surface area contributed by atoms with E-state index in [1.807, 2.05) is 24.3 Å². The van der Waals surface area contributed by atoms with E-state index in [9.17, 15) is 4.79 Å². The number of rotatable bonds is 4. The zero-order valence-corrected chi connectivity index (χ0v) is 14.7. The molecule has 2 N–H and O–H groups in total. The Labute approximate surface area is 151 Å². The van der Waals surface area contributed by atoms with Crippen LogP contribution in [0.2, 0.25) is 10.2 Å². The van der Waals surface area contributed by atoms with Crippen LogP contribution in [0.25, 0.3) is 0 Å². The van der Waals surface area contributed by atoms with Gasteiger partial charge in [-0.05, 0) is 49.2 Å². The Morgan fingerprint density at radius 1 is 0.958 bits per heavy atom. The summed E-state index contributed by atoms with van der Waals surface area (Å²) < 4.78 is 0. The Bertz CT molecular complexity index is 713. The number of benzene rings is 1. The van der Waals surface area contributed by atoms with Gasteiger partial charge in [0.1, 0.15) is 10.8 Å². The zero-order chi connectivity index (χ0) is 16.9. The summed E-state index contributed by atoms with van der Waals surface area (Å²) in [5, 5.41) is 6.83. The van der Waals surface area contributed by atoms with Crippen LogP contribution in [0.15, 0.2) is 36.4 Å². The molecule has 24 heavy (non-hydrogen) atoms. The minimum atomic E-state index is -0.379. The summed E-state index contributed by atoms with van der Waals surface area (Å²) in [6.45, 7) is 0. The quantitative estimate of drug-likeness (QED) is 0.716. The standard InChI is InChI=1S/C18H19Cl2N3O/c19-15-10-11-16(20)23-17(15)18(24)22-14-8-6-13(7-9-14)21-12-4-2-1-3-5-12/h6-12,21H,1-5H2,(H,22,24). The molecule has 1 aliphatic rings. The number of aromatic nitrogens is 1. The maximum Gasteiger partial charge on any atom is 0.275 e. The number of carbonyl (C=O) groups is 1. The van der Waals surface area contributed by atoms with Crippen LogP contribution >= 0.6 is 23.2 Å². The van der Waals surface area contributed by atoms with Crippen molar-refractivity contribution < 1.29 is 4.79 Å². The summed E-state index contributed by atoms with van der Waals surface area (Å²) >= 11 is 11.8. The second kappa shape index (κ2) is 7.86. The number of amides is 1. The lowest BCUT2D eigenvalue weighted by molar-refractivity contribution is 0.102. The van der Waals surface area contributed by atoms with E-state index in [-0.39, 0.29) is 21.8 Å². The van der Waals surface area contributed by atoms with Crippen LogP contribution in [0.4, 0.5) is 11.4 Å². The Balaban J connectivity index is 1.63. The SMILES string of the molecule is O=C(Nc1ccc(NC2CCCCC2)cc1)c1nc(Cl)ccc1Cl. The van der Waals surface area contributed by atoms with E-state index in [2.05, 4.69) is 15.6 Å². The predicted molar refractivity (Wildman–Crippen MR) is 99.1 cm³/mol. The molecule has 1 aliphatic carbocycles. The fourth-order valence-corrected chi connectivity index (χ4v) is 3.24. The average Bonchev–Trinajstić information content (AvgIpc) is 2.59. The van der Waals surface area contributed by atoms with Crippen molar-refractivity contribution in [1.29, 1.82) is 0 Å². The molecule has 6 heteroatoms. The van der Waals surface area contributed by atoms with Crippen molar-refractivity contribution in [2.45, 2.75) is 38.1 Å². The highest BCUT2D eigenvalue weighted by atomic mass is 35.5. The molecule has 0 spiro atoms. The first-order valence-electron chi connectivity index (χ1n) is 8.12. The molecule has 4 nitrogen and oxygen atoms in total. The van der Waals surface area contributed by atoms with E-state index in [0.717, 1.165) is 5.69 Å². The third kappa shape index (κ3) is 4.40. The van der Waals surface area contributed by atoms with Gasteiger partial charge in [-0.2, -0.15) is 0 Å². The number of hydrogen-bond acceptors (Lipinski definition) is 3. The highest BCUT2D eigenvalue weighted by Crippen LogP contribution is 2.23. The number of halogens is 2. The van der Waals surface area contributed by atoms with E-state index in [1.54, 1.807) is 12.1 Å². The molecule has 2 aromatic rings. The van der Waals surface area contributed by atoms with E-state index < -0.39 is 0 Å². The van der Waals surface area contributed by atoms with Gasteiger partial charge in [0.15, 0.2) is 0 Å². The third-order valence-corrected chi connectivity index (χ3v) is 4.66. The molecule has 0 unspecified atom stereocenters. The van der Waals surface area contributed by atoms with Gasteiger partial charge >= 0.3 is 0 Å². The van der Waals surface area contributed by atoms with Gasteiger partial charge < -0.3 is 10.6 Å². The topological polar surface area (TPSA) is 54.0 Å². The van der Waals surface area contributed by atoms with Gasteiger partial charge in [-0.15, -0.1) is 0 Å². The van der Waals surface area contributed by atoms with Gasteiger partial charge in [0.2, 0.25) is 0 Å². The summed E-state index contributed by atoms with van der Waals surface area (Å²) in [5.74, 6) is -0.379. The van der Waals surface area contributed by atoms with Crippen molar-refractivity contribution >= 4 is 40.5 Å². The summed E-state index contributed by atoms with van der Waals surface area (Å²) in [7, 11) is 0. The molecule has 1 aromatic carbocycles. The third-order valence-electron chi connectivity index (χ3n) is 4.15. The number of anilines is 2. The number of nitrogens with zero attached hydrogens (tertiary/aromatic N) is 1. The number of carbonyl (C=O) groups excluding carboxylic acids is 1. The first-order valence-corrected chi connectivity index (χ1v) is 8.87. The van der Waals surface area contributed by atoms with Gasteiger partial charge in [-0.25, -0.2) is 4.98 Å². The zero-order valence-electron chi connectivity index (χ0n) is 13.2. The molecule has 1 aromatic heterocycles. The molecule has 1 saturated carbocycles. The summed E-state index contributed by atoms with van der Waals surface area (Å²) in [6, 6.07) is 11.3. The van der Waals surface area contributed by atoms with Crippen LogP contribution in [0.3, 0.4) is 0 Å². The van der Waals surface area contributed by atoms with E-state index >= 15 is 0 Å². The van der Waals surface area contributed by atoms with Crippen molar-refractivity contribution in [3.8, 4) is 0 Å². The minimum absolute atomic E-state index is 0.119. The molecule has 1 heterocycles. The molecule has 3 rings (SSSR count). The molecular weight excluding hydrogens is 345 g/mol. The molecular formula is C18H19Cl2N3O. The Morgan fingerprint density at radius 3 is 2.33 bits per heavy atom. The Morgan fingerprint density at radius 2 is 1.62 bits per heavy atom. The van der Waals surface area contributed by atoms with Gasteiger partial charge in [-0.1, -0.05) is 42.5 Å². The van der Waals surface area contributed by atoms with Crippen molar-refractivity contribution in [2.24, 2.45) is 0 Å². The lowest BCUT2D eigenvalue weighted by Gasteiger charge is -2.23. The second-order valence-electron chi connectivity index (χ2n) is 5.98. The molecule has 1 amide bonds. The first kappa shape index (κ1) is 17.1. The van der Waals surface area contributed by atoms with Crippen LogP contribution in [0.5, 0.6) is 0 Å². The van der Waals surface area contributed by atoms with Crippen molar-refractivity contribution in [2.75, 3.05) is 10.6 Å². The number of hydrogen-bond donors (Lipinski definition) is 2. The second-order valence-corrected chi connectivity index (χ2v) is 6.77. The van der Waals surface area contributed by atoms with E-state index in [1.165, 1.54) is 32.1 Å². The lowest BCUT2D eigenvalue weighted by Crippen LogP contribution is -2.22. The summed E-state index contributed by atoms with van der Waals surface area (Å²) in [5.41, 5.74) is 1.87. The largest absolute Gasteiger partial charge is 0.382 e. The van der Waals surface area contributed by atoms with Crippen molar-refractivity contribution in [3.05, 3.63) is 52.3 Å². The fraction of sp³-hybridized carbons (Fsp3) is 0.333. The summed E-state index contributed by atoms with van der Waals surface area (Å²) in [4.78, 5) is 16.2. The van der Waals surface area contributed by atoms with Gasteiger partial charge in [0.05, 0.1) is 5.02 Å². The highest BCUT2D eigenvalue weighted by molar-refractivity contribution is 6.35. The summed E-state index contributed by atoms with van der Waals surface area (Å²) in [6.07, 6.45) is 6.36. The maximum absolute atomic E-state index is 12.3. The van der Waals surface area contributed by atoms with Crippen LogP contribution in [-0.4, -0.2) is 16.9 Å². The van der Waals surface area contributed by atoms with Crippen LogP contribution in [-0.2, 0) is 0 Å². The molecule has 0 atom stereocenters. The highest BCUT2D eigenvalue weighted by Gasteiger charge is 2.14.